The van der Waals surface area contributed by atoms with Crippen molar-refractivity contribution < 1.29 is 14.3 Å². The molecule has 3 aromatic carbocycles. The first-order valence-electron chi connectivity index (χ1n) is 15.9. The number of hydrogen-bond donors (Lipinski definition) is 3. The van der Waals surface area contributed by atoms with E-state index < -0.39 is 5.72 Å². The van der Waals surface area contributed by atoms with E-state index in [0.29, 0.717) is 12.2 Å². The zero-order valence-corrected chi connectivity index (χ0v) is 26.8. The first-order chi connectivity index (χ1) is 22.9. The largest absolute Gasteiger partial charge is 0.375 e. The van der Waals surface area contributed by atoms with Crippen LogP contribution in [0, 0.1) is 0 Å². The van der Waals surface area contributed by atoms with Crippen LogP contribution in [0.15, 0.2) is 61.2 Å². The van der Waals surface area contributed by atoms with Crippen LogP contribution in [0.4, 0.5) is 5.82 Å². The maximum absolute atomic E-state index is 13.3. The van der Waals surface area contributed by atoms with E-state index >= 15 is 0 Å². The number of fused-ring (bicyclic) bond motifs is 14. The Labute approximate surface area is 269 Å². The molecule has 10 rings (SSSR count). The number of rotatable bonds is 3. The van der Waals surface area contributed by atoms with Gasteiger partial charge in [-0.15, -0.1) is 0 Å². The minimum atomic E-state index is -0.760. The zero-order chi connectivity index (χ0) is 32.2. The van der Waals surface area contributed by atoms with Crippen LogP contribution in [0.2, 0.25) is 0 Å². The number of aromatic nitrogens is 6. The summed E-state index contributed by atoms with van der Waals surface area (Å²) in [6.07, 6.45) is 3.47. The summed E-state index contributed by atoms with van der Waals surface area (Å²) in [5.41, 5.74) is 7.09. The zero-order valence-electron chi connectivity index (χ0n) is 26.8. The summed E-state index contributed by atoms with van der Waals surface area (Å²) >= 11 is 0. The number of aromatic amines is 1. The minimum absolute atomic E-state index is 0.00357. The van der Waals surface area contributed by atoms with Crippen LogP contribution in [0.5, 0.6) is 0 Å². The fraction of sp³-hybridized carbons (Fsp3) is 0.314. The van der Waals surface area contributed by atoms with Gasteiger partial charge in [0.15, 0.2) is 17.2 Å². The molecule has 0 radical (unpaired) electrons. The van der Waals surface area contributed by atoms with Gasteiger partial charge in [0.05, 0.1) is 34.0 Å². The van der Waals surface area contributed by atoms with E-state index in [0.717, 1.165) is 72.5 Å². The van der Waals surface area contributed by atoms with Gasteiger partial charge in [-0.1, -0.05) is 36.4 Å². The lowest BCUT2D eigenvalue weighted by Gasteiger charge is -2.48. The molecule has 12 heteroatoms. The number of methoxy groups -OCH3 is 1. The third-order valence-electron chi connectivity index (χ3n) is 10.2. The highest BCUT2D eigenvalue weighted by atomic mass is 16.6. The van der Waals surface area contributed by atoms with Crippen molar-refractivity contribution in [2.24, 2.45) is 0 Å². The lowest BCUT2D eigenvalue weighted by molar-refractivity contribution is -0.256. The average molecular weight is 630 g/mol. The molecule has 3 N–H and O–H groups in total. The number of benzene rings is 3. The Morgan fingerprint density at radius 1 is 1.02 bits per heavy atom. The van der Waals surface area contributed by atoms with E-state index in [-0.39, 0.29) is 24.3 Å². The summed E-state index contributed by atoms with van der Waals surface area (Å²) in [7, 11) is 7.63. The SMILES string of the molecule is CN(C)c1ncnc2nc[nH]c12.CN[C@H]1C[C@@H]2O[C@](C)([C@H]1OC)n1c3ccccc3c3c4c(c5c6ccccc6n2c5c31)C(=O)NC4. The normalized spacial score (nSPS) is 23.0. The van der Waals surface area contributed by atoms with Crippen molar-refractivity contribution in [3.8, 4) is 0 Å². The highest BCUT2D eigenvalue weighted by molar-refractivity contribution is 6.31. The number of carbonyl (C=O) groups is 1. The lowest BCUT2D eigenvalue weighted by Crippen LogP contribution is -2.59. The van der Waals surface area contributed by atoms with E-state index in [9.17, 15) is 4.79 Å². The third-order valence-corrected chi connectivity index (χ3v) is 10.2. The van der Waals surface area contributed by atoms with Crippen molar-refractivity contribution in [3.05, 3.63) is 72.3 Å². The number of amides is 1. The third kappa shape index (κ3) is 3.63. The second-order valence-corrected chi connectivity index (χ2v) is 12.8. The van der Waals surface area contributed by atoms with Crippen molar-refractivity contribution in [1.29, 1.82) is 0 Å². The minimum Gasteiger partial charge on any atom is -0.375 e. The summed E-state index contributed by atoms with van der Waals surface area (Å²) in [6.45, 7) is 2.68. The van der Waals surface area contributed by atoms with Crippen LogP contribution in [0.1, 0.15) is 35.5 Å². The average Bonchev–Trinajstić information content (AvgIpc) is 3.85. The van der Waals surface area contributed by atoms with Gasteiger partial charge in [0, 0.05) is 61.8 Å². The van der Waals surface area contributed by atoms with Crippen LogP contribution in [0.3, 0.4) is 0 Å². The van der Waals surface area contributed by atoms with Crippen molar-refractivity contribution in [1.82, 2.24) is 39.7 Å². The number of imidazole rings is 1. The fourth-order valence-electron chi connectivity index (χ4n) is 8.43. The predicted molar refractivity (Wildman–Crippen MR) is 182 cm³/mol. The topological polar surface area (TPSA) is 127 Å². The fourth-order valence-corrected chi connectivity index (χ4v) is 8.43. The number of nitrogens with one attached hydrogen (secondary N) is 3. The van der Waals surface area contributed by atoms with E-state index in [1.807, 2.05) is 26.0 Å². The van der Waals surface area contributed by atoms with Gasteiger partial charge in [-0.3, -0.25) is 4.79 Å². The predicted octanol–water partition coefficient (Wildman–Crippen LogP) is 4.77. The number of H-pyrrole nitrogens is 1. The molecular weight excluding hydrogens is 594 g/mol. The van der Waals surface area contributed by atoms with Gasteiger partial charge in [-0.2, -0.15) is 0 Å². The summed E-state index contributed by atoms with van der Waals surface area (Å²) in [5.74, 6) is 0.862. The molecule has 0 spiro atoms. The first kappa shape index (κ1) is 28.2. The highest BCUT2D eigenvalue weighted by Crippen LogP contribution is 2.53. The summed E-state index contributed by atoms with van der Waals surface area (Å²) in [4.78, 5) is 30.4. The number of para-hydroxylation sites is 2. The number of carbonyl (C=O) groups excluding carboxylic acids is 1. The molecule has 1 fully saturated rings. The van der Waals surface area contributed by atoms with Gasteiger partial charge in [0.2, 0.25) is 0 Å². The Hall–Kier alpha value is -5.04. The van der Waals surface area contributed by atoms with Gasteiger partial charge in [-0.05, 0) is 31.7 Å². The van der Waals surface area contributed by atoms with E-state index in [1.165, 1.54) is 6.33 Å². The maximum Gasteiger partial charge on any atom is 0.252 e. The van der Waals surface area contributed by atoms with Gasteiger partial charge < -0.3 is 39.1 Å². The van der Waals surface area contributed by atoms with Gasteiger partial charge >= 0.3 is 0 Å². The number of ether oxygens (including phenoxy) is 2. The molecule has 7 heterocycles. The van der Waals surface area contributed by atoms with Crippen LogP contribution in [-0.2, 0) is 21.7 Å². The maximum atomic E-state index is 13.3. The smallest absolute Gasteiger partial charge is 0.252 e. The Balaban J connectivity index is 0.000000213. The second-order valence-electron chi connectivity index (χ2n) is 12.8. The van der Waals surface area contributed by atoms with Crippen LogP contribution < -0.4 is 15.5 Å². The first-order valence-corrected chi connectivity index (χ1v) is 15.9. The molecule has 1 amide bonds. The molecule has 47 heavy (non-hydrogen) atoms. The molecule has 0 unspecified atom stereocenters. The Morgan fingerprint density at radius 3 is 2.51 bits per heavy atom. The molecular formula is C35H35N9O3. The Bertz CT molecular complexity index is 2410. The monoisotopic (exact) mass is 629 g/mol. The van der Waals surface area contributed by atoms with E-state index in [2.05, 4.69) is 95.2 Å². The summed E-state index contributed by atoms with van der Waals surface area (Å²) in [6, 6.07) is 17.0. The van der Waals surface area contributed by atoms with Crippen LogP contribution in [-0.4, -0.2) is 75.4 Å². The molecule has 238 valence electrons. The Kier molecular flexibility index (Phi) is 5.99. The van der Waals surface area contributed by atoms with Gasteiger partial charge in [-0.25, -0.2) is 15.0 Å². The van der Waals surface area contributed by atoms with Crippen molar-refractivity contribution in [3.63, 3.8) is 0 Å². The van der Waals surface area contributed by atoms with Crippen LogP contribution in [0.25, 0.3) is 54.8 Å². The molecule has 7 aromatic rings. The molecule has 0 aliphatic carbocycles. The molecule has 4 atom stereocenters. The molecule has 0 saturated carbocycles. The number of nitrogens with zero attached hydrogens (tertiary/aromatic N) is 6. The molecule has 4 aromatic heterocycles. The number of hydrogen-bond acceptors (Lipinski definition) is 8. The lowest BCUT2D eigenvalue weighted by atomic mass is 9.93. The number of likely N-dealkylation sites (N-methyl/N-ethyl adjacent to an activating group) is 1. The molecule has 12 nitrogen and oxygen atoms in total. The standard InChI is InChI=1S/C28H26N4O3.C7H9N5/c1-28-26(34-3)17(29-2)12-20(35-28)31-18-10-6-4-8-14(18)22-23-16(13-30-27(23)33)21-15-9-5-7-11-19(15)32(28)25(21)24(22)31;1-12(2)7-5-6(9-3-8-5)10-4-11-7/h4-11,17,20,26,29H,12-13H2,1-3H3,(H,30,33);3-4H,1-2H3,(H,8,9,10,11)/t17-,20-,26-,28+;/m0./s1. The number of anilines is 1. The second kappa shape index (κ2) is 9.98. The molecule has 3 aliphatic rings. The van der Waals surface area contributed by atoms with Crippen LogP contribution >= 0.6 is 0 Å². The summed E-state index contributed by atoms with van der Waals surface area (Å²) < 4.78 is 18.0. The molecule has 3 aliphatic heterocycles. The van der Waals surface area contributed by atoms with Crippen molar-refractivity contribution in [2.45, 2.75) is 44.0 Å². The Morgan fingerprint density at radius 2 is 1.77 bits per heavy atom. The van der Waals surface area contributed by atoms with Gasteiger partial charge in [0.1, 0.15) is 24.2 Å². The van der Waals surface area contributed by atoms with Gasteiger partial charge in [0.25, 0.3) is 5.91 Å². The van der Waals surface area contributed by atoms with Crippen molar-refractivity contribution >= 4 is 66.5 Å². The molecule has 2 bridgehead atoms. The van der Waals surface area contributed by atoms with Crippen molar-refractivity contribution in [2.75, 3.05) is 33.2 Å². The quantitative estimate of drug-likeness (QED) is 0.255. The van der Waals surface area contributed by atoms with E-state index in [4.69, 9.17) is 9.47 Å². The highest BCUT2D eigenvalue weighted by Gasteiger charge is 2.53. The van der Waals surface area contributed by atoms with E-state index in [1.54, 1.807) is 13.4 Å². The summed E-state index contributed by atoms with van der Waals surface area (Å²) in [5, 5.41) is 11.0. The molecule has 1 saturated heterocycles.